The van der Waals surface area contributed by atoms with Crippen molar-refractivity contribution in [2.75, 3.05) is 43.2 Å². The first-order valence-corrected chi connectivity index (χ1v) is 5.94. The quantitative estimate of drug-likeness (QED) is 0.749. The minimum absolute atomic E-state index is 0.265. The van der Waals surface area contributed by atoms with E-state index in [-0.39, 0.29) is 5.95 Å². The van der Waals surface area contributed by atoms with Gasteiger partial charge in [0.25, 0.3) is 0 Å². The van der Waals surface area contributed by atoms with E-state index < -0.39 is 0 Å². The highest BCUT2D eigenvalue weighted by atomic mass is 15.3. The van der Waals surface area contributed by atoms with Gasteiger partial charge >= 0.3 is 0 Å². The van der Waals surface area contributed by atoms with Crippen LogP contribution in [0.5, 0.6) is 0 Å². The molecule has 0 unspecified atom stereocenters. The van der Waals surface area contributed by atoms with Crippen molar-refractivity contribution >= 4 is 17.8 Å². The molecule has 17 heavy (non-hydrogen) atoms. The van der Waals surface area contributed by atoms with Crippen molar-refractivity contribution in [3.8, 4) is 0 Å². The lowest BCUT2D eigenvalue weighted by Crippen LogP contribution is -2.24. The lowest BCUT2D eigenvalue weighted by atomic mass is 10.2. The summed E-state index contributed by atoms with van der Waals surface area (Å²) in [6.45, 7) is 3.12. The standard InChI is InChI=1S/C11H22N6/c1-5-6-7-8-17(4)11-14-9(12)13-10(15-11)16(2)3/h5-8H2,1-4H3,(H2,12,13,14,15). The zero-order chi connectivity index (χ0) is 12.8. The fourth-order valence-corrected chi connectivity index (χ4v) is 1.44. The highest BCUT2D eigenvalue weighted by Gasteiger charge is 2.09. The lowest BCUT2D eigenvalue weighted by Gasteiger charge is -2.19. The second-order valence-electron chi connectivity index (χ2n) is 4.32. The molecule has 2 N–H and O–H groups in total. The Kier molecular flexibility index (Phi) is 4.93. The Morgan fingerprint density at radius 3 is 2.24 bits per heavy atom. The van der Waals surface area contributed by atoms with Crippen LogP contribution in [0.15, 0.2) is 0 Å². The molecule has 6 heteroatoms. The highest BCUT2D eigenvalue weighted by molar-refractivity contribution is 5.41. The minimum Gasteiger partial charge on any atom is -0.368 e. The summed E-state index contributed by atoms with van der Waals surface area (Å²) in [6.07, 6.45) is 3.55. The third kappa shape index (κ3) is 4.05. The molecule has 6 nitrogen and oxygen atoms in total. The van der Waals surface area contributed by atoms with Crippen LogP contribution >= 0.6 is 0 Å². The Hall–Kier alpha value is -1.59. The summed E-state index contributed by atoms with van der Waals surface area (Å²) in [5, 5.41) is 0. The van der Waals surface area contributed by atoms with Crippen LogP contribution in [0, 0.1) is 0 Å². The molecule has 0 bridgehead atoms. The van der Waals surface area contributed by atoms with Gasteiger partial charge < -0.3 is 15.5 Å². The van der Waals surface area contributed by atoms with E-state index in [0.717, 1.165) is 13.0 Å². The number of nitrogens with zero attached hydrogens (tertiary/aromatic N) is 5. The first kappa shape index (κ1) is 13.5. The van der Waals surface area contributed by atoms with Gasteiger partial charge in [0.2, 0.25) is 17.8 Å². The summed E-state index contributed by atoms with van der Waals surface area (Å²) in [7, 11) is 5.75. The number of nitrogens with two attached hydrogens (primary N) is 1. The molecular formula is C11H22N6. The smallest absolute Gasteiger partial charge is 0.231 e. The Morgan fingerprint density at radius 1 is 1.00 bits per heavy atom. The summed E-state index contributed by atoms with van der Waals surface area (Å²) >= 11 is 0. The first-order chi connectivity index (χ1) is 8.04. The molecule has 0 atom stereocenters. The number of aromatic nitrogens is 3. The monoisotopic (exact) mass is 238 g/mol. The molecule has 0 amide bonds. The topological polar surface area (TPSA) is 71.2 Å². The molecule has 1 aromatic rings. The number of hydrogen-bond donors (Lipinski definition) is 1. The van der Waals surface area contributed by atoms with E-state index in [1.54, 1.807) is 0 Å². The summed E-state index contributed by atoms with van der Waals surface area (Å²) in [4.78, 5) is 16.4. The predicted octanol–water partition coefficient (Wildman–Crippen LogP) is 1.15. The SMILES string of the molecule is CCCCCN(C)c1nc(N)nc(N(C)C)n1. The maximum Gasteiger partial charge on any atom is 0.231 e. The van der Waals surface area contributed by atoms with Crippen molar-refractivity contribution < 1.29 is 0 Å². The van der Waals surface area contributed by atoms with Crippen molar-refractivity contribution in [3.05, 3.63) is 0 Å². The maximum absolute atomic E-state index is 5.67. The van der Waals surface area contributed by atoms with E-state index in [2.05, 4.69) is 21.9 Å². The number of anilines is 3. The molecule has 1 rings (SSSR count). The molecule has 96 valence electrons. The molecule has 0 saturated carbocycles. The molecule has 1 aromatic heterocycles. The van der Waals surface area contributed by atoms with Gasteiger partial charge in [-0.05, 0) is 6.42 Å². The summed E-state index contributed by atoms with van der Waals surface area (Å²) in [5.41, 5.74) is 5.67. The van der Waals surface area contributed by atoms with Crippen molar-refractivity contribution in [3.63, 3.8) is 0 Å². The van der Waals surface area contributed by atoms with Crippen LogP contribution in [-0.2, 0) is 0 Å². The Bertz CT molecular complexity index is 352. The summed E-state index contributed by atoms with van der Waals surface area (Å²) < 4.78 is 0. The van der Waals surface area contributed by atoms with Crippen molar-refractivity contribution in [1.82, 2.24) is 15.0 Å². The average Bonchev–Trinajstić information content (AvgIpc) is 2.28. The van der Waals surface area contributed by atoms with E-state index in [1.165, 1.54) is 12.8 Å². The molecular weight excluding hydrogens is 216 g/mol. The second kappa shape index (κ2) is 6.22. The largest absolute Gasteiger partial charge is 0.368 e. The zero-order valence-electron chi connectivity index (χ0n) is 11.1. The average molecular weight is 238 g/mol. The first-order valence-electron chi connectivity index (χ1n) is 5.94. The van der Waals surface area contributed by atoms with E-state index in [1.807, 2.05) is 30.9 Å². The van der Waals surface area contributed by atoms with Gasteiger partial charge in [-0.3, -0.25) is 0 Å². The number of hydrogen-bond acceptors (Lipinski definition) is 6. The number of rotatable bonds is 6. The van der Waals surface area contributed by atoms with Crippen molar-refractivity contribution in [1.29, 1.82) is 0 Å². The molecule has 0 radical (unpaired) electrons. The van der Waals surface area contributed by atoms with Crippen LogP contribution in [0.1, 0.15) is 26.2 Å². The van der Waals surface area contributed by atoms with Crippen LogP contribution in [0.4, 0.5) is 17.8 Å². The van der Waals surface area contributed by atoms with E-state index in [4.69, 9.17) is 5.73 Å². The molecule has 0 aliphatic heterocycles. The van der Waals surface area contributed by atoms with Gasteiger partial charge in [0, 0.05) is 27.7 Å². The van der Waals surface area contributed by atoms with Gasteiger partial charge in [0.1, 0.15) is 0 Å². The zero-order valence-corrected chi connectivity index (χ0v) is 11.1. The molecule has 0 aliphatic carbocycles. The van der Waals surface area contributed by atoms with E-state index in [0.29, 0.717) is 11.9 Å². The van der Waals surface area contributed by atoms with Gasteiger partial charge in [-0.15, -0.1) is 0 Å². The molecule has 1 heterocycles. The second-order valence-corrected chi connectivity index (χ2v) is 4.32. The van der Waals surface area contributed by atoms with Gasteiger partial charge in [-0.25, -0.2) is 0 Å². The number of unbranched alkanes of at least 4 members (excludes halogenated alkanes) is 2. The third-order valence-corrected chi connectivity index (χ3v) is 2.47. The fraction of sp³-hybridized carbons (Fsp3) is 0.727. The molecule has 0 aliphatic rings. The Morgan fingerprint density at radius 2 is 1.65 bits per heavy atom. The van der Waals surface area contributed by atoms with E-state index >= 15 is 0 Å². The van der Waals surface area contributed by atoms with Crippen LogP contribution in [0.2, 0.25) is 0 Å². The van der Waals surface area contributed by atoms with E-state index in [9.17, 15) is 0 Å². The Labute approximate surface area is 103 Å². The fourth-order valence-electron chi connectivity index (χ4n) is 1.44. The van der Waals surface area contributed by atoms with Gasteiger partial charge in [0.15, 0.2) is 0 Å². The normalized spacial score (nSPS) is 10.4. The lowest BCUT2D eigenvalue weighted by molar-refractivity contribution is 0.695. The van der Waals surface area contributed by atoms with Gasteiger partial charge in [-0.1, -0.05) is 19.8 Å². The third-order valence-electron chi connectivity index (χ3n) is 2.47. The molecule has 0 saturated heterocycles. The number of nitrogen functional groups attached to an aromatic ring is 1. The Balaban J connectivity index is 2.75. The van der Waals surface area contributed by atoms with Crippen LogP contribution < -0.4 is 15.5 Å². The summed E-state index contributed by atoms with van der Waals surface area (Å²) in [5.74, 6) is 1.49. The summed E-state index contributed by atoms with van der Waals surface area (Å²) in [6, 6.07) is 0. The van der Waals surface area contributed by atoms with Crippen molar-refractivity contribution in [2.24, 2.45) is 0 Å². The van der Waals surface area contributed by atoms with Crippen LogP contribution in [0.3, 0.4) is 0 Å². The van der Waals surface area contributed by atoms with Crippen LogP contribution in [-0.4, -0.2) is 42.6 Å². The molecule has 0 spiro atoms. The molecule has 0 fully saturated rings. The molecule has 0 aromatic carbocycles. The van der Waals surface area contributed by atoms with Gasteiger partial charge in [-0.2, -0.15) is 15.0 Å². The highest BCUT2D eigenvalue weighted by Crippen LogP contribution is 2.12. The maximum atomic E-state index is 5.67. The van der Waals surface area contributed by atoms with Gasteiger partial charge in [0.05, 0.1) is 0 Å². The van der Waals surface area contributed by atoms with Crippen LogP contribution in [0.25, 0.3) is 0 Å². The van der Waals surface area contributed by atoms with Crippen molar-refractivity contribution in [2.45, 2.75) is 26.2 Å². The predicted molar refractivity (Wildman–Crippen MR) is 71.4 cm³/mol. The minimum atomic E-state index is 0.265.